The largest absolute Gasteiger partial charge is 0.416 e. The number of unbranched alkanes of at least 4 members (excludes halogenated alkanes) is 1. The van der Waals surface area contributed by atoms with Gasteiger partial charge in [0, 0.05) is 49.3 Å². The van der Waals surface area contributed by atoms with Crippen molar-refractivity contribution in [2.75, 3.05) is 31.5 Å². The number of carbonyl (C=O) groups is 1. The van der Waals surface area contributed by atoms with Crippen LogP contribution in [0, 0.1) is 0 Å². The van der Waals surface area contributed by atoms with Crippen molar-refractivity contribution >= 4 is 11.6 Å². The number of halogens is 3. The summed E-state index contributed by atoms with van der Waals surface area (Å²) in [5.74, 6) is -0.0844. The topological polar surface area (TPSA) is 57.3 Å². The lowest BCUT2D eigenvalue weighted by Gasteiger charge is -2.33. The van der Waals surface area contributed by atoms with Crippen molar-refractivity contribution in [2.45, 2.75) is 37.9 Å². The van der Waals surface area contributed by atoms with Gasteiger partial charge in [0.25, 0.3) is 5.91 Å². The number of rotatable bonds is 8. The lowest BCUT2D eigenvalue weighted by molar-refractivity contribution is -0.137. The average Bonchev–Trinajstić information content (AvgIpc) is 2.75. The summed E-state index contributed by atoms with van der Waals surface area (Å²) in [7, 11) is 0. The van der Waals surface area contributed by atoms with Crippen molar-refractivity contribution in [3.8, 4) is 0 Å². The van der Waals surface area contributed by atoms with Crippen molar-refractivity contribution in [1.29, 1.82) is 0 Å². The molecule has 1 saturated heterocycles. The molecule has 0 radical (unpaired) electrons. The van der Waals surface area contributed by atoms with E-state index in [1.54, 1.807) is 30.6 Å². The lowest BCUT2D eigenvalue weighted by atomic mass is 10.0. The average molecular weight is 420 g/mol. The first-order chi connectivity index (χ1) is 14.4. The fourth-order valence-corrected chi connectivity index (χ4v) is 3.59. The predicted octanol–water partition coefficient (Wildman–Crippen LogP) is 4.19. The number of alkyl halides is 3. The van der Waals surface area contributed by atoms with Gasteiger partial charge >= 0.3 is 6.18 Å². The van der Waals surface area contributed by atoms with Crippen molar-refractivity contribution < 1.29 is 18.0 Å². The Morgan fingerprint density at radius 3 is 2.53 bits per heavy atom. The van der Waals surface area contributed by atoms with Crippen LogP contribution in [-0.2, 0) is 6.18 Å². The number of hydrogen-bond acceptors (Lipinski definition) is 4. The van der Waals surface area contributed by atoms with Gasteiger partial charge in [0.15, 0.2) is 0 Å². The van der Waals surface area contributed by atoms with E-state index < -0.39 is 11.7 Å². The summed E-state index contributed by atoms with van der Waals surface area (Å²) in [5.41, 5.74) is 0.509. The molecule has 8 heteroatoms. The number of nitrogens with one attached hydrogen (secondary N) is 2. The van der Waals surface area contributed by atoms with E-state index in [0.717, 1.165) is 51.4 Å². The summed E-state index contributed by atoms with van der Waals surface area (Å²) >= 11 is 0. The first kappa shape index (κ1) is 22.1. The molecule has 30 heavy (non-hydrogen) atoms. The second-order valence-electron chi connectivity index (χ2n) is 7.54. The molecule has 2 N–H and O–H groups in total. The molecule has 1 fully saturated rings. The van der Waals surface area contributed by atoms with Crippen LogP contribution in [-0.4, -0.2) is 48.0 Å². The molecule has 162 valence electrons. The fourth-order valence-electron chi connectivity index (χ4n) is 3.59. The third-order valence-corrected chi connectivity index (χ3v) is 5.28. The lowest BCUT2D eigenvalue weighted by Crippen LogP contribution is -2.39. The normalized spacial score (nSPS) is 15.7. The zero-order valence-electron chi connectivity index (χ0n) is 16.8. The first-order valence-corrected chi connectivity index (χ1v) is 10.3. The zero-order valence-corrected chi connectivity index (χ0v) is 16.8. The van der Waals surface area contributed by atoms with Crippen molar-refractivity contribution in [3.05, 3.63) is 59.9 Å². The van der Waals surface area contributed by atoms with E-state index in [1.807, 2.05) is 0 Å². The van der Waals surface area contributed by atoms with E-state index in [4.69, 9.17) is 0 Å². The molecule has 1 aliphatic heterocycles. The van der Waals surface area contributed by atoms with Gasteiger partial charge < -0.3 is 15.5 Å². The van der Waals surface area contributed by atoms with Gasteiger partial charge in [-0.25, -0.2) is 0 Å². The number of likely N-dealkylation sites (tertiary alicyclic amines) is 1. The Morgan fingerprint density at radius 2 is 1.83 bits per heavy atom. The molecule has 1 aliphatic rings. The molecular weight excluding hydrogens is 393 g/mol. The standard InChI is InChI=1S/C22H27F3N4O/c23-22(24,25)18-4-3-5-20(16-18)28-19-8-14-29(15-9-19)13-2-1-10-27-21(30)17-6-11-26-12-7-17/h3-7,11-12,16,19,28H,1-2,8-10,13-15H2,(H,27,30). The maximum absolute atomic E-state index is 12.8. The number of benzene rings is 1. The molecule has 5 nitrogen and oxygen atoms in total. The third-order valence-electron chi connectivity index (χ3n) is 5.28. The SMILES string of the molecule is O=C(NCCCCN1CCC(Nc2cccc(C(F)(F)F)c2)CC1)c1ccncc1. The van der Waals surface area contributed by atoms with Crippen molar-refractivity contribution in [3.63, 3.8) is 0 Å². The van der Waals surface area contributed by atoms with Gasteiger partial charge in [0.1, 0.15) is 0 Å². The number of pyridine rings is 1. The Balaban J connectivity index is 1.31. The second-order valence-corrected chi connectivity index (χ2v) is 7.54. The van der Waals surface area contributed by atoms with E-state index in [0.29, 0.717) is 17.8 Å². The maximum Gasteiger partial charge on any atom is 0.416 e. The molecule has 3 rings (SSSR count). The summed E-state index contributed by atoms with van der Waals surface area (Å²) in [6.45, 7) is 3.43. The molecule has 0 spiro atoms. The highest BCUT2D eigenvalue weighted by Crippen LogP contribution is 2.31. The van der Waals surface area contributed by atoms with Crippen LogP contribution in [0.15, 0.2) is 48.8 Å². The molecule has 1 amide bonds. The molecule has 0 saturated carbocycles. The van der Waals surface area contributed by atoms with E-state index in [2.05, 4.69) is 20.5 Å². The van der Waals surface area contributed by atoms with Crippen LogP contribution in [0.4, 0.5) is 18.9 Å². The molecule has 0 bridgehead atoms. The minimum Gasteiger partial charge on any atom is -0.382 e. The van der Waals surface area contributed by atoms with Crippen molar-refractivity contribution in [2.24, 2.45) is 0 Å². The molecule has 0 aliphatic carbocycles. The number of carbonyl (C=O) groups excluding carboxylic acids is 1. The van der Waals surface area contributed by atoms with Crippen molar-refractivity contribution in [1.82, 2.24) is 15.2 Å². The number of nitrogens with zero attached hydrogens (tertiary/aromatic N) is 2. The highest BCUT2D eigenvalue weighted by molar-refractivity contribution is 5.93. The predicted molar refractivity (Wildman–Crippen MR) is 110 cm³/mol. The Hall–Kier alpha value is -2.61. The summed E-state index contributed by atoms with van der Waals surface area (Å²) in [6, 6.07) is 8.94. The number of amides is 1. The summed E-state index contributed by atoms with van der Waals surface area (Å²) in [5, 5.41) is 6.15. The molecule has 0 unspecified atom stereocenters. The fraction of sp³-hybridized carbons (Fsp3) is 0.455. The van der Waals surface area contributed by atoms with E-state index in [-0.39, 0.29) is 11.9 Å². The minimum atomic E-state index is -4.32. The van der Waals surface area contributed by atoms with Gasteiger partial charge in [-0.2, -0.15) is 13.2 Å². The highest BCUT2D eigenvalue weighted by atomic mass is 19.4. The number of aromatic nitrogens is 1. The molecule has 1 aromatic carbocycles. The van der Waals surface area contributed by atoms with Gasteiger partial charge in [-0.1, -0.05) is 6.07 Å². The zero-order chi connectivity index (χ0) is 21.4. The molecular formula is C22H27F3N4O. The van der Waals surface area contributed by atoms with Crippen LogP contribution in [0.2, 0.25) is 0 Å². The maximum atomic E-state index is 12.8. The number of piperidine rings is 1. The van der Waals surface area contributed by atoms with Crippen LogP contribution in [0.3, 0.4) is 0 Å². The Bertz CT molecular complexity index is 806. The minimum absolute atomic E-state index is 0.0844. The molecule has 0 atom stereocenters. The quantitative estimate of drug-likeness (QED) is 0.629. The van der Waals surface area contributed by atoms with E-state index in [1.165, 1.54) is 12.1 Å². The van der Waals surface area contributed by atoms with Crippen LogP contribution >= 0.6 is 0 Å². The van der Waals surface area contributed by atoms with Gasteiger partial charge in [-0.05, 0) is 62.6 Å². The van der Waals surface area contributed by atoms with Crippen LogP contribution in [0.25, 0.3) is 0 Å². The smallest absolute Gasteiger partial charge is 0.382 e. The van der Waals surface area contributed by atoms with Crippen LogP contribution in [0.1, 0.15) is 41.6 Å². The molecule has 2 aromatic rings. The summed E-state index contributed by atoms with van der Waals surface area (Å²) < 4.78 is 38.5. The van der Waals surface area contributed by atoms with E-state index >= 15 is 0 Å². The monoisotopic (exact) mass is 420 g/mol. The van der Waals surface area contributed by atoms with Gasteiger partial charge in [0.2, 0.25) is 0 Å². The van der Waals surface area contributed by atoms with E-state index in [9.17, 15) is 18.0 Å². The third kappa shape index (κ3) is 6.73. The second kappa shape index (κ2) is 10.4. The Labute approximate surface area is 174 Å². The molecule has 1 aromatic heterocycles. The Kier molecular flexibility index (Phi) is 7.68. The molecule has 2 heterocycles. The van der Waals surface area contributed by atoms with Crippen LogP contribution in [0.5, 0.6) is 0 Å². The van der Waals surface area contributed by atoms with Gasteiger partial charge in [-0.3, -0.25) is 9.78 Å². The summed E-state index contributed by atoms with van der Waals surface area (Å²) in [6.07, 6.45) is 2.56. The highest BCUT2D eigenvalue weighted by Gasteiger charge is 2.30. The van der Waals surface area contributed by atoms with Crippen LogP contribution < -0.4 is 10.6 Å². The number of anilines is 1. The Morgan fingerprint density at radius 1 is 1.10 bits per heavy atom. The van der Waals surface area contributed by atoms with Gasteiger partial charge in [0.05, 0.1) is 5.56 Å². The summed E-state index contributed by atoms with van der Waals surface area (Å²) in [4.78, 5) is 18.2. The van der Waals surface area contributed by atoms with Gasteiger partial charge in [-0.15, -0.1) is 0 Å². The number of hydrogen-bond donors (Lipinski definition) is 2. The first-order valence-electron chi connectivity index (χ1n) is 10.3.